The Bertz CT molecular complexity index is 644. The molecule has 1 heterocycles. The van der Waals surface area contributed by atoms with E-state index in [0.717, 1.165) is 0 Å². The minimum absolute atomic E-state index is 0.0593. The molecule has 22 heavy (non-hydrogen) atoms. The van der Waals surface area contributed by atoms with Gasteiger partial charge in [-0.1, -0.05) is 37.7 Å². The lowest BCUT2D eigenvalue weighted by Gasteiger charge is -2.11. The largest absolute Gasteiger partial charge is 0.355 e. The number of benzene rings is 1. The van der Waals surface area contributed by atoms with E-state index in [9.17, 15) is 9.18 Å². The van der Waals surface area contributed by atoms with Gasteiger partial charge in [0.1, 0.15) is 5.82 Å². The highest BCUT2D eigenvalue weighted by Gasteiger charge is 2.18. The van der Waals surface area contributed by atoms with Crippen LogP contribution in [0, 0.1) is 11.7 Å². The molecule has 2 aromatic rings. The first kappa shape index (κ1) is 16.5. The van der Waals surface area contributed by atoms with Crippen LogP contribution in [0.2, 0.25) is 0 Å². The van der Waals surface area contributed by atoms with Gasteiger partial charge in [0.15, 0.2) is 5.82 Å². The molecule has 7 heteroatoms. The molecule has 0 aliphatic heterocycles. The van der Waals surface area contributed by atoms with Crippen LogP contribution in [0.4, 0.5) is 4.39 Å². The third-order valence-electron chi connectivity index (χ3n) is 2.93. The van der Waals surface area contributed by atoms with Crippen LogP contribution in [0.25, 0.3) is 11.4 Å². The molecule has 0 fully saturated rings. The summed E-state index contributed by atoms with van der Waals surface area (Å²) in [6, 6.07) is 6.34. The minimum atomic E-state index is -0.363. The summed E-state index contributed by atoms with van der Waals surface area (Å²) in [5.41, 5.74) is 0.360. The Balaban J connectivity index is 2.00. The average molecular weight is 322 g/mol. The van der Waals surface area contributed by atoms with Crippen molar-refractivity contribution in [3.8, 4) is 11.4 Å². The Kier molecular flexibility index (Phi) is 5.54. The summed E-state index contributed by atoms with van der Waals surface area (Å²) in [6.07, 6.45) is 0. The van der Waals surface area contributed by atoms with E-state index < -0.39 is 0 Å². The summed E-state index contributed by atoms with van der Waals surface area (Å²) in [7, 11) is 0. The molecule has 118 valence electrons. The number of H-pyrrole nitrogens is 1. The van der Waals surface area contributed by atoms with Crippen molar-refractivity contribution >= 4 is 17.7 Å². The fourth-order valence-corrected chi connectivity index (χ4v) is 2.48. The standard InChI is InChI=1S/C15H19FN4OS/c1-9(2)8-17-14(21)10(3)22-15-18-13(19-20-15)11-6-4-5-7-12(11)16/h4-7,9-10H,8H2,1-3H3,(H,17,21)(H,18,19,20). The maximum Gasteiger partial charge on any atom is 0.233 e. The lowest BCUT2D eigenvalue weighted by Crippen LogP contribution is -2.33. The molecule has 0 radical (unpaired) electrons. The van der Waals surface area contributed by atoms with Crippen LogP contribution in [0.15, 0.2) is 29.4 Å². The molecule has 2 rings (SSSR count). The van der Waals surface area contributed by atoms with Crippen LogP contribution in [0.5, 0.6) is 0 Å². The van der Waals surface area contributed by atoms with Gasteiger partial charge < -0.3 is 5.32 Å². The van der Waals surface area contributed by atoms with Crippen molar-refractivity contribution in [2.45, 2.75) is 31.2 Å². The van der Waals surface area contributed by atoms with E-state index >= 15 is 0 Å². The van der Waals surface area contributed by atoms with Crippen molar-refractivity contribution in [1.29, 1.82) is 0 Å². The molecule has 2 N–H and O–H groups in total. The molecule has 1 atom stereocenters. The van der Waals surface area contributed by atoms with E-state index in [0.29, 0.717) is 29.0 Å². The van der Waals surface area contributed by atoms with Gasteiger partial charge in [-0.15, -0.1) is 5.10 Å². The summed E-state index contributed by atoms with van der Waals surface area (Å²) in [4.78, 5) is 16.2. The second-order valence-corrected chi connectivity index (χ2v) is 6.65. The van der Waals surface area contributed by atoms with E-state index in [1.807, 2.05) is 13.8 Å². The number of carbonyl (C=O) groups is 1. The van der Waals surface area contributed by atoms with Gasteiger partial charge in [0.25, 0.3) is 0 Å². The van der Waals surface area contributed by atoms with Gasteiger partial charge in [0, 0.05) is 6.54 Å². The van der Waals surface area contributed by atoms with Crippen molar-refractivity contribution in [3.05, 3.63) is 30.1 Å². The number of hydrogen-bond acceptors (Lipinski definition) is 4. The molecular formula is C15H19FN4OS. The van der Waals surface area contributed by atoms with Crippen LogP contribution < -0.4 is 5.32 Å². The minimum Gasteiger partial charge on any atom is -0.355 e. The van der Waals surface area contributed by atoms with Crippen molar-refractivity contribution in [1.82, 2.24) is 20.5 Å². The Morgan fingerprint density at radius 1 is 1.36 bits per heavy atom. The van der Waals surface area contributed by atoms with E-state index in [-0.39, 0.29) is 17.0 Å². The molecule has 1 aromatic carbocycles. The van der Waals surface area contributed by atoms with Crippen LogP contribution in [-0.2, 0) is 4.79 Å². The van der Waals surface area contributed by atoms with Crippen molar-refractivity contribution in [2.24, 2.45) is 5.92 Å². The highest BCUT2D eigenvalue weighted by Crippen LogP contribution is 2.24. The number of rotatable bonds is 6. The smallest absolute Gasteiger partial charge is 0.233 e. The molecule has 0 spiro atoms. The molecule has 1 unspecified atom stereocenters. The first-order chi connectivity index (χ1) is 10.5. The van der Waals surface area contributed by atoms with Gasteiger partial charge in [0.2, 0.25) is 11.1 Å². The van der Waals surface area contributed by atoms with E-state index in [2.05, 4.69) is 20.5 Å². The number of aromatic nitrogens is 3. The van der Waals surface area contributed by atoms with Crippen molar-refractivity contribution in [3.63, 3.8) is 0 Å². The lowest BCUT2D eigenvalue weighted by molar-refractivity contribution is -0.120. The maximum atomic E-state index is 13.7. The Labute approximate surface area is 133 Å². The normalized spacial score (nSPS) is 12.4. The van der Waals surface area contributed by atoms with Gasteiger partial charge in [0.05, 0.1) is 10.8 Å². The van der Waals surface area contributed by atoms with Gasteiger partial charge in [-0.05, 0) is 25.0 Å². The second kappa shape index (κ2) is 7.40. The van der Waals surface area contributed by atoms with Gasteiger partial charge >= 0.3 is 0 Å². The second-order valence-electron chi connectivity index (χ2n) is 5.35. The highest BCUT2D eigenvalue weighted by atomic mass is 32.2. The van der Waals surface area contributed by atoms with Gasteiger partial charge in [-0.3, -0.25) is 9.89 Å². The summed E-state index contributed by atoms with van der Waals surface area (Å²) < 4.78 is 13.7. The van der Waals surface area contributed by atoms with E-state index in [4.69, 9.17) is 0 Å². The zero-order chi connectivity index (χ0) is 16.1. The Morgan fingerprint density at radius 3 is 2.77 bits per heavy atom. The number of hydrogen-bond donors (Lipinski definition) is 2. The fourth-order valence-electron chi connectivity index (χ4n) is 1.73. The molecule has 5 nitrogen and oxygen atoms in total. The quantitative estimate of drug-likeness (QED) is 0.802. The third kappa shape index (κ3) is 4.30. The summed E-state index contributed by atoms with van der Waals surface area (Å²) in [6.45, 7) is 6.50. The molecule has 0 saturated carbocycles. The first-order valence-electron chi connectivity index (χ1n) is 7.09. The van der Waals surface area contributed by atoms with Crippen LogP contribution in [0.3, 0.4) is 0 Å². The monoisotopic (exact) mass is 322 g/mol. The van der Waals surface area contributed by atoms with Crippen LogP contribution in [-0.4, -0.2) is 32.9 Å². The molecule has 0 aliphatic carbocycles. The van der Waals surface area contributed by atoms with Crippen LogP contribution in [0.1, 0.15) is 20.8 Å². The fraction of sp³-hybridized carbons (Fsp3) is 0.400. The molecular weight excluding hydrogens is 303 g/mol. The molecule has 0 saturated heterocycles. The summed E-state index contributed by atoms with van der Waals surface area (Å²) in [5, 5.41) is 9.70. The first-order valence-corrected chi connectivity index (χ1v) is 7.97. The van der Waals surface area contributed by atoms with E-state index in [1.54, 1.807) is 25.1 Å². The van der Waals surface area contributed by atoms with Crippen LogP contribution >= 0.6 is 11.8 Å². The zero-order valence-electron chi connectivity index (χ0n) is 12.8. The molecule has 0 aliphatic rings. The zero-order valence-corrected chi connectivity index (χ0v) is 13.6. The van der Waals surface area contributed by atoms with E-state index in [1.165, 1.54) is 17.8 Å². The average Bonchev–Trinajstić information content (AvgIpc) is 2.93. The number of nitrogens with zero attached hydrogens (tertiary/aromatic N) is 2. The predicted molar refractivity (Wildman–Crippen MR) is 84.9 cm³/mol. The lowest BCUT2D eigenvalue weighted by atomic mass is 10.2. The van der Waals surface area contributed by atoms with Crippen molar-refractivity contribution in [2.75, 3.05) is 6.54 Å². The van der Waals surface area contributed by atoms with Gasteiger partial charge in [-0.2, -0.15) is 0 Å². The number of amides is 1. The summed E-state index contributed by atoms with van der Waals surface area (Å²) in [5.74, 6) is 0.335. The van der Waals surface area contributed by atoms with Crippen molar-refractivity contribution < 1.29 is 9.18 Å². The third-order valence-corrected chi connectivity index (χ3v) is 3.89. The number of aromatic amines is 1. The van der Waals surface area contributed by atoms with Gasteiger partial charge in [-0.25, -0.2) is 9.37 Å². The number of nitrogens with one attached hydrogen (secondary N) is 2. The Morgan fingerprint density at radius 2 is 2.09 bits per heavy atom. The maximum absolute atomic E-state index is 13.7. The molecule has 1 aromatic heterocycles. The topological polar surface area (TPSA) is 70.7 Å². The number of carbonyl (C=O) groups excluding carboxylic acids is 1. The molecule has 0 bridgehead atoms. The summed E-state index contributed by atoms with van der Waals surface area (Å²) >= 11 is 1.24. The molecule has 1 amide bonds. The SMILES string of the molecule is CC(C)CNC(=O)C(C)Sc1n[nH]c(-c2ccccc2F)n1. The number of thioether (sulfide) groups is 1. The number of halogens is 1. The highest BCUT2D eigenvalue weighted by molar-refractivity contribution is 8.00. The Hall–Kier alpha value is -1.89. The predicted octanol–water partition coefficient (Wildman–Crippen LogP) is 2.86.